The SMILES string of the molecule is CCOC(=O)c1sc(NC(=O)c2ccn(COc3cc(C)ccc3Cl)n2)c(C(=O)OC(C)C)c1C. The lowest BCUT2D eigenvalue weighted by Gasteiger charge is -2.10. The Morgan fingerprint density at radius 1 is 1.17 bits per heavy atom. The summed E-state index contributed by atoms with van der Waals surface area (Å²) < 4.78 is 17.5. The van der Waals surface area contributed by atoms with E-state index in [-0.39, 0.29) is 40.6 Å². The van der Waals surface area contributed by atoms with Gasteiger partial charge < -0.3 is 19.5 Å². The van der Waals surface area contributed by atoms with Crippen LogP contribution in [-0.2, 0) is 16.2 Å². The Balaban J connectivity index is 1.79. The molecule has 2 aromatic heterocycles. The van der Waals surface area contributed by atoms with Gasteiger partial charge in [0.05, 0.1) is 23.3 Å². The minimum absolute atomic E-state index is 0.0353. The van der Waals surface area contributed by atoms with Crippen LogP contribution in [0.4, 0.5) is 5.00 Å². The summed E-state index contributed by atoms with van der Waals surface area (Å²) in [5.41, 5.74) is 1.57. The van der Waals surface area contributed by atoms with Crippen molar-refractivity contribution in [1.29, 1.82) is 0 Å². The fourth-order valence-electron chi connectivity index (χ4n) is 3.09. The molecular weight excluding hydrogens is 494 g/mol. The van der Waals surface area contributed by atoms with Gasteiger partial charge in [-0.05, 0) is 63.9 Å². The van der Waals surface area contributed by atoms with Gasteiger partial charge in [-0.3, -0.25) is 4.79 Å². The molecule has 3 aromatic rings. The van der Waals surface area contributed by atoms with Gasteiger partial charge in [0.2, 0.25) is 0 Å². The Morgan fingerprint density at radius 2 is 1.91 bits per heavy atom. The zero-order valence-electron chi connectivity index (χ0n) is 20.0. The van der Waals surface area contributed by atoms with E-state index in [1.807, 2.05) is 13.0 Å². The zero-order chi connectivity index (χ0) is 25.7. The van der Waals surface area contributed by atoms with Crippen LogP contribution < -0.4 is 10.1 Å². The molecule has 186 valence electrons. The van der Waals surface area contributed by atoms with Crippen molar-refractivity contribution in [3.8, 4) is 5.75 Å². The summed E-state index contributed by atoms with van der Waals surface area (Å²) in [5, 5.41) is 7.54. The van der Waals surface area contributed by atoms with Crippen LogP contribution in [0.25, 0.3) is 0 Å². The standard InChI is InChI=1S/C24H26ClN3O6S/c1-6-32-24(31)20-15(5)19(23(30)34-13(2)3)22(35-20)26-21(29)17-9-10-28(27-17)12-33-18-11-14(4)7-8-16(18)25/h7-11,13H,6,12H2,1-5H3,(H,26,29). The molecular formula is C24H26ClN3O6S. The maximum absolute atomic E-state index is 12.9. The van der Waals surface area contributed by atoms with Crippen molar-refractivity contribution in [3.05, 3.63) is 62.7 Å². The third-order valence-corrected chi connectivity index (χ3v) is 6.19. The second-order valence-electron chi connectivity index (χ2n) is 7.84. The van der Waals surface area contributed by atoms with Crippen molar-refractivity contribution in [2.45, 2.75) is 47.5 Å². The first kappa shape index (κ1) is 26.2. The van der Waals surface area contributed by atoms with Crippen molar-refractivity contribution >= 4 is 45.8 Å². The van der Waals surface area contributed by atoms with Crippen LogP contribution in [0.15, 0.2) is 30.5 Å². The number of thiophene rings is 1. The molecule has 1 amide bonds. The third-order valence-electron chi connectivity index (χ3n) is 4.69. The van der Waals surface area contributed by atoms with Gasteiger partial charge in [0.1, 0.15) is 15.6 Å². The zero-order valence-corrected chi connectivity index (χ0v) is 21.6. The number of halogens is 1. The summed E-state index contributed by atoms with van der Waals surface area (Å²) in [6.45, 7) is 8.85. The van der Waals surface area contributed by atoms with E-state index >= 15 is 0 Å². The Kier molecular flexibility index (Phi) is 8.52. The first-order valence-electron chi connectivity index (χ1n) is 10.9. The molecule has 0 bridgehead atoms. The van der Waals surface area contributed by atoms with Gasteiger partial charge in [0.15, 0.2) is 12.4 Å². The van der Waals surface area contributed by atoms with Gasteiger partial charge in [-0.1, -0.05) is 17.7 Å². The topological polar surface area (TPSA) is 109 Å². The largest absolute Gasteiger partial charge is 0.470 e. The molecule has 3 rings (SSSR count). The molecule has 0 radical (unpaired) electrons. The molecule has 0 aliphatic rings. The van der Waals surface area contributed by atoms with Crippen molar-refractivity contribution in [2.24, 2.45) is 0 Å². The van der Waals surface area contributed by atoms with E-state index in [9.17, 15) is 14.4 Å². The van der Waals surface area contributed by atoms with Crippen molar-refractivity contribution < 1.29 is 28.6 Å². The van der Waals surface area contributed by atoms with Gasteiger partial charge in [0, 0.05) is 6.20 Å². The van der Waals surface area contributed by atoms with Gasteiger partial charge in [0.25, 0.3) is 5.91 Å². The molecule has 0 saturated heterocycles. The first-order valence-corrected chi connectivity index (χ1v) is 12.0. The molecule has 1 N–H and O–H groups in total. The molecule has 0 saturated carbocycles. The number of benzene rings is 1. The summed E-state index contributed by atoms with van der Waals surface area (Å²) in [6, 6.07) is 6.92. The van der Waals surface area contributed by atoms with E-state index < -0.39 is 17.8 Å². The second kappa shape index (κ2) is 11.4. The average Bonchev–Trinajstić information content (AvgIpc) is 3.38. The fraction of sp³-hybridized carbons (Fsp3) is 0.333. The monoisotopic (exact) mass is 519 g/mol. The third kappa shape index (κ3) is 6.40. The summed E-state index contributed by atoms with van der Waals surface area (Å²) in [7, 11) is 0. The maximum atomic E-state index is 12.9. The normalized spacial score (nSPS) is 10.8. The maximum Gasteiger partial charge on any atom is 0.348 e. The molecule has 0 aliphatic carbocycles. The predicted molar refractivity (Wildman–Crippen MR) is 133 cm³/mol. The highest BCUT2D eigenvalue weighted by Crippen LogP contribution is 2.35. The van der Waals surface area contributed by atoms with Crippen LogP contribution in [0.1, 0.15) is 62.4 Å². The molecule has 0 aliphatic heterocycles. The van der Waals surface area contributed by atoms with Crippen molar-refractivity contribution in [2.75, 3.05) is 11.9 Å². The molecule has 0 spiro atoms. The number of aromatic nitrogens is 2. The Bertz CT molecular complexity index is 1250. The predicted octanol–water partition coefficient (Wildman–Crippen LogP) is 5.25. The van der Waals surface area contributed by atoms with E-state index in [4.69, 9.17) is 25.8 Å². The van der Waals surface area contributed by atoms with Crippen LogP contribution in [0.3, 0.4) is 0 Å². The number of carbonyl (C=O) groups is 3. The Labute approximate surface area is 211 Å². The van der Waals surface area contributed by atoms with Crippen LogP contribution in [-0.4, -0.2) is 40.3 Å². The molecule has 0 unspecified atom stereocenters. The van der Waals surface area contributed by atoms with Gasteiger partial charge in [-0.2, -0.15) is 5.10 Å². The number of nitrogens with one attached hydrogen (secondary N) is 1. The van der Waals surface area contributed by atoms with Crippen LogP contribution in [0.2, 0.25) is 5.02 Å². The minimum atomic E-state index is -0.645. The van der Waals surface area contributed by atoms with Crippen LogP contribution in [0, 0.1) is 13.8 Å². The molecule has 1 aromatic carbocycles. The number of aryl methyl sites for hydroxylation is 1. The van der Waals surface area contributed by atoms with E-state index in [2.05, 4.69) is 10.4 Å². The fourth-order valence-corrected chi connectivity index (χ4v) is 4.35. The first-order chi connectivity index (χ1) is 16.6. The highest BCUT2D eigenvalue weighted by Gasteiger charge is 2.28. The number of esters is 2. The molecule has 2 heterocycles. The average molecular weight is 520 g/mol. The lowest BCUT2D eigenvalue weighted by molar-refractivity contribution is 0.0379. The molecule has 11 heteroatoms. The van der Waals surface area contributed by atoms with E-state index in [0.29, 0.717) is 16.3 Å². The summed E-state index contributed by atoms with van der Waals surface area (Å²) in [4.78, 5) is 38.2. The number of rotatable bonds is 9. The summed E-state index contributed by atoms with van der Waals surface area (Å²) >= 11 is 7.10. The van der Waals surface area contributed by atoms with Crippen LogP contribution >= 0.6 is 22.9 Å². The molecule has 0 fully saturated rings. The lowest BCUT2D eigenvalue weighted by atomic mass is 10.1. The number of amides is 1. The molecule has 9 nitrogen and oxygen atoms in total. The lowest BCUT2D eigenvalue weighted by Crippen LogP contribution is -2.18. The number of anilines is 1. The van der Waals surface area contributed by atoms with E-state index in [1.54, 1.807) is 46.0 Å². The van der Waals surface area contributed by atoms with E-state index in [1.165, 1.54) is 10.7 Å². The highest BCUT2D eigenvalue weighted by molar-refractivity contribution is 7.18. The van der Waals surface area contributed by atoms with Gasteiger partial charge in [-0.15, -0.1) is 11.3 Å². The minimum Gasteiger partial charge on any atom is -0.470 e. The Morgan fingerprint density at radius 3 is 2.60 bits per heavy atom. The molecule has 35 heavy (non-hydrogen) atoms. The second-order valence-corrected chi connectivity index (χ2v) is 9.26. The number of nitrogens with zero attached hydrogens (tertiary/aromatic N) is 2. The number of hydrogen-bond donors (Lipinski definition) is 1. The molecule has 0 atom stereocenters. The number of carbonyl (C=O) groups excluding carboxylic acids is 3. The number of hydrogen-bond acceptors (Lipinski definition) is 8. The number of ether oxygens (including phenoxy) is 3. The van der Waals surface area contributed by atoms with Crippen molar-refractivity contribution in [3.63, 3.8) is 0 Å². The van der Waals surface area contributed by atoms with Crippen LogP contribution in [0.5, 0.6) is 5.75 Å². The van der Waals surface area contributed by atoms with Gasteiger partial charge >= 0.3 is 11.9 Å². The quantitative estimate of drug-likeness (QED) is 0.385. The Hall–Kier alpha value is -3.37. The smallest absolute Gasteiger partial charge is 0.348 e. The summed E-state index contributed by atoms with van der Waals surface area (Å²) in [5.74, 6) is -1.28. The van der Waals surface area contributed by atoms with E-state index in [0.717, 1.165) is 16.9 Å². The van der Waals surface area contributed by atoms with Gasteiger partial charge in [-0.25, -0.2) is 14.3 Å². The highest BCUT2D eigenvalue weighted by atomic mass is 35.5. The van der Waals surface area contributed by atoms with Crippen molar-refractivity contribution in [1.82, 2.24) is 9.78 Å². The summed E-state index contributed by atoms with van der Waals surface area (Å²) in [6.07, 6.45) is 1.20.